The molecular formula is C15H30N2OS. The van der Waals surface area contributed by atoms with Crippen LogP contribution in [0.25, 0.3) is 0 Å². The Morgan fingerprint density at radius 1 is 1.42 bits per heavy atom. The van der Waals surface area contributed by atoms with E-state index in [0.29, 0.717) is 12.0 Å². The SMILES string of the molecule is CCC(C)SCC(NN)C1CCOC2(CCCC2)C1. The molecule has 1 saturated carbocycles. The second-order valence-electron chi connectivity index (χ2n) is 6.32. The van der Waals surface area contributed by atoms with E-state index in [1.165, 1.54) is 38.5 Å². The molecule has 1 spiro atoms. The first-order valence-corrected chi connectivity index (χ1v) is 8.95. The van der Waals surface area contributed by atoms with Crippen molar-refractivity contribution in [2.45, 2.75) is 75.7 Å². The summed E-state index contributed by atoms with van der Waals surface area (Å²) in [5.41, 5.74) is 3.29. The van der Waals surface area contributed by atoms with E-state index in [9.17, 15) is 0 Å². The summed E-state index contributed by atoms with van der Waals surface area (Å²) in [6.07, 6.45) is 8.82. The van der Waals surface area contributed by atoms with Gasteiger partial charge in [0.05, 0.1) is 5.60 Å². The van der Waals surface area contributed by atoms with Gasteiger partial charge in [-0.15, -0.1) is 0 Å². The predicted molar refractivity (Wildman–Crippen MR) is 83.2 cm³/mol. The minimum Gasteiger partial charge on any atom is -0.375 e. The number of ether oxygens (including phenoxy) is 1. The molecule has 1 aliphatic carbocycles. The first-order chi connectivity index (χ1) is 9.19. The summed E-state index contributed by atoms with van der Waals surface area (Å²) < 4.78 is 6.12. The van der Waals surface area contributed by atoms with Crippen LogP contribution in [0.4, 0.5) is 0 Å². The van der Waals surface area contributed by atoms with E-state index in [-0.39, 0.29) is 5.60 Å². The van der Waals surface area contributed by atoms with Gasteiger partial charge in [0.2, 0.25) is 0 Å². The highest BCUT2D eigenvalue weighted by Crippen LogP contribution is 2.43. The summed E-state index contributed by atoms with van der Waals surface area (Å²) in [5, 5.41) is 0.733. The van der Waals surface area contributed by atoms with Gasteiger partial charge in [0.1, 0.15) is 0 Å². The quantitative estimate of drug-likeness (QED) is 0.582. The molecule has 0 amide bonds. The van der Waals surface area contributed by atoms with E-state index < -0.39 is 0 Å². The number of hydrogen-bond donors (Lipinski definition) is 2. The Labute approximate surface area is 122 Å². The van der Waals surface area contributed by atoms with Gasteiger partial charge in [-0.2, -0.15) is 11.8 Å². The monoisotopic (exact) mass is 286 g/mol. The van der Waals surface area contributed by atoms with Crippen LogP contribution >= 0.6 is 11.8 Å². The molecule has 4 heteroatoms. The van der Waals surface area contributed by atoms with Crippen molar-refractivity contribution in [2.24, 2.45) is 11.8 Å². The van der Waals surface area contributed by atoms with Crippen molar-refractivity contribution in [3.8, 4) is 0 Å². The van der Waals surface area contributed by atoms with Crippen molar-refractivity contribution in [1.82, 2.24) is 5.43 Å². The highest BCUT2D eigenvalue weighted by molar-refractivity contribution is 7.99. The zero-order chi connectivity index (χ0) is 13.7. The Morgan fingerprint density at radius 3 is 2.79 bits per heavy atom. The Balaban J connectivity index is 1.87. The molecule has 3 nitrogen and oxygen atoms in total. The third-order valence-corrected chi connectivity index (χ3v) is 6.42. The molecule has 1 aliphatic heterocycles. The zero-order valence-electron chi connectivity index (χ0n) is 12.5. The molecule has 1 heterocycles. The Bertz CT molecular complexity index is 269. The van der Waals surface area contributed by atoms with Crippen molar-refractivity contribution < 1.29 is 4.74 Å². The van der Waals surface area contributed by atoms with Crippen LogP contribution in [0, 0.1) is 5.92 Å². The van der Waals surface area contributed by atoms with Crippen molar-refractivity contribution in [3.63, 3.8) is 0 Å². The molecule has 0 aromatic carbocycles. The van der Waals surface area contributed by atoms with Crippen LogP contribution < -0.4 is 11.3 Å². The second-order valence-corrected chi connectivity index (χ2v) is 7.79. The maximum atomic E-state index is 6.12. The van der Waals surface area contributed by atoms with Crippen LogP contribution in [0.5, 0.6) is 0 Å². The lowest BCUT2D eigenvalue weighted by Crippen LogP contribution is -2.49. The molecule has 3 atom stereocenters. The third kappa shape index (κ3) is 4.10. The van der Waals surface area contributed by atoms with Gasteiger partial charge in [-0.25, -0.2) is 0 Å². The fraction of sp³-hybridized carbons (Fsp3) is 1.00. The van der Waals surface area contributed by atoms with Crippen LogP contribution in [0.3, 0.4) is 0 Å². The fourth-order valence-electron chi connectivity index (χ4n) is 3.48. The molecule has 0 radical (unpaired) electrons. The van der Waals surface area contributed by atoms with Gasteiger partial charge in [-0.1, -0.05) is 26.7 Å². The van der Waals surface area contributed by atoms with Gasteiger partial charge in [0.15, 0.2) is 0 Å². The van der Waals surface area contributed by atoms with Crippen molar-refractivity contribution >= 4 is 11.8 Å². The lowest BCUT2D eigenvalue weighted by Gasteiger charge is -2.41. The molecule has 0 bridgehead atoms. The Morgan fingerprint density at radius 2 is 2.16 bits per heavy atom. The van der Waals surface area contributed by atoms with Gasteiger partial charge >= 0.3 is 0 Å². The zero-order valence-corrected chi connectivity index (χ0v) is 13.3. The van der Waals surface area contributed by atoms with E-state index in [0.717, 1.165) is 24.0 Å². The van der Waals surface area contributed by atoms with E-state index >= 15 is 0 Å². The van der Waals surface area contributed by atoms with Crippen LogP contribution in [-0.2, 0) is 4.74 Å². The van der Waals surface area contributed by atoms with Gasteiger partial charge in [-0.05, 0) is 38.0 Å². The normalized spacial score (nSPS) is 29.5. The number of nitrogens with one attached hydrogen (secondary N) is 1. The molecule has 2 aliphatic rings. The van der Waals surface area contributed by atoms with Crippen LogP contribution in [0.2, 0.25) is 0 Å². The maximum absolute atomic E-state index is 6.12. The topological polar surface area (TPSA) is 47.3 Å². The summed E-state index contributed by atoms with van der Waals surface area (Å²) in [7, 11) is 0. The number of thioether (sulfide) groups is 1. The molecule has 0 aromatic rings. The molecule has 19 heavy (non-hydrogen) atoms. The smallest absolute Gasteiger partial charge is 0.0685 e. The third-order valence-electron chi connectivity index (χ3n) is 4.96. The minimum atomic E-state index is 0.207. The fourth-order valence-corrected chi connectivity index (χ4v) is 4.62. The first kappa shape index (κ1) is 15.6. The van der Waals surface area contributed by atoms with Gasteiger partial charge < -0.3 is 4.74 Å². The van der Waals surface area contributed by atoms with Crippen molar-refractivity contribution in [1.29, 1.82) is 0 Å². The molecule has 2 fully saturated rings. The highest BCUT2D eigenvalue weighted by atomic mass is 32.2. The Hall–Kier alpha value is 0.230. The van der Waals surface area contributed by atoms with Gasteiger partial charge in [0, 0.05) is 23.7 Å². The van der Waals surface area contributed by atoms with Crippen LogP contribution in [0.15, 0.2) is 0 Å². The number of hydrazine groups is 1. The standard InChI is InChI=1S/C15H30N2OS/c1-3-12(2)19-11-14(17-16)13-6-9-18-15(10-13)7-4-5-8-15/h12-14,17H,3-11,16H2,1-2H3. The van der Waals surface area contributed by atoms with Gasteiger partial charge in [0.25, 0.3) is 0 Å². The predicted octanol–water partition coefficient (Wildman–Crippen LogP) is 3.09. The van der Waals surface area contributed by atoms with Crippen molar-refractivity contribution in [3.05, 3.63) is 0 Å². The number of rotatable bonds is 6. The van der Waals surface area contributed by atoms with Gasteiger partial charge in [-0.3, -0.25) is 11.3 Å². The molecule has 112 valence electrons. The molecule has 3 unspecified atom stereocenters. The summed E-state index contributed by atoms with van der Waals surface area (Å²) in [6, 6.07) is 0.445. The summed E-state index contributed by atoms with van der Waals surface area (Å²) in [5.74, 6) is 7.63. The van der Waals surface area contributed by atoms with E-state index in [1.54, 1.807) is 0 Å². The minimum absolute atomic E-state index is 0.207. The molecule has 3 N–H and O–H groups in total. The molecular weight excluding hydrogens is 256 g/mol. The highest BCUT2D eigenvalue weighted by Gasteiger charge is 2.41. The molecule has 2 rings (SSSR count). The summed E-state index contributed by atoms with van der Waals surface area (Å²) >= 11 is 2.05. The van der Waals surface area contributed by atoms with Crippen molar-refractivity contribution in [2.75, 3.05) is 12.4 Å². The van der Waals surface area contributed by atoms with E-state index in [4.69, 9.17) is 10.6 Å². The van der Waals surface area contributed by atoms with E-state index in [1.807, 2.05) is 0 Å². The second kappa shape index (κ2) is 7.30. The first-order valence-electron chi connectivity index (χ1n) is 7.91. The van der Waals surface area contributed by atoms with Crippen LogP contribution in [-0.4, -0.2) is 29.3 Å². The number of hydrogen-bond acceptors (Lipinski definition) is 4. The molecule has 0 aromatic heterocycles. The summed E-state index contributed by atoms with van der Waals surface area (Å²) in [4.78, 5) is 0. The maximum Gasteiger partial charge on any atom is 0.0685 e. The summed E-state index contributed by atoms with van der Waals surface area (Å²) in [6.45, 7) is 5.49. The largest absolute Gasteiger partial charge is 0.375 e. The lowest BCUT2D eigenvalue weighted by molar-refractivity contribution is -0.0967. The average molecular weight is 286 g/mol. The van der Waals surface area contributed by atoms with E-state index in [2.05, 4.69) is 31.0 Å². The average Bonchev–Trinajstić information content (AvgIpc) is 2.87. The Kier molecular flexibility index (Phi) is 6.00. The number of nitrogens with two attached hydrogens (primary N) is 1. The molecule has 1 saturated heterocycles. The lowest BCUT2D eigenvalue weighted by atomic mass is 9.81. The van der Waals surface area contributed by atoms with Crippen LogP contribution in [0.1, 0.15) is 58.8 Å².